The summed E-state index contributed by atoms with van der Waals surface area (Å²) in [5.74, 6) is -0.261. The molecule has 0 aromatic heterocycles. The Kier molecular flexibility index (Phi) is 4.99. The van der Waals surface area contributed by atoms with Crippen LogP contribution in [0.4, 0.5) is 5.69 Å². The lowest BCUT2D eigenvalue weighted by molar-refractivity contribution is 0.617. The molecule has 1 aromatic carbocycles. The molecule has 0 aliphatic heterocycles. The number of nitrogens with zero attached hydrogens (tertiary/aromatic N) is 2. The first-order chi connectivity index (χ1) is 8.84. The molecule has 5 N–H and O–H groups in total. The second-order valence-electron chi connectivity index (χ2n) is 4.02. The van der Waals surface area contributed by atoms with Crippen LogP contribution >= 0.6 is 23.8 Å². The number of benzene rings is 1. The lowest BCUT2D eigenvalue weighted by Crippen LogP contribution is -2.60. The summed E-state index contributed by atoms with van der Waals surface area (Å²) in [6.45, 7) is 3.79. The van der Waals surface area contributed by atoms with Crippen molar-refractivity contribution >= 4 is 46.3 Å². The van der Waals surface area contributed by atoms with E-state index in [4.69, 9.17) is 40.7 Å². The van der Waals surface area contributed by atoms with Gasteiger partial charge in [0.2, 0.25) is 0 Å². The first-order valence-electron chi connectivity index (χ1n) is 5.70. The predicted octanol–water partition coefficient (Wildman–Crippen LogP) is 2.57. The van der Waals surface area contributed by atoms with E-state index in [0.717, 1.165) is 5.71 Å². The molecule has 0 bridgehead atoms. The maximum atomic E-state index is 7.83. The van der Waals surface area contributed by atoms with Crippen LogP contribution in [-0.2, 0) is 0 Å². The zero-order valence-corrected chi connectivity index (χ0v) is 12.4. The number of hydrogen-bond donors (Lipinski definition) is 3. The molecule has 0 fully saturated rings. The zero-order valence-electron chi connectivity index (χ0n) is 10.9. The van der Waals surface area contributed by atoms with Crippen molar-refractivity contribution < 1.29 is 0 Å². The van der Waals surface area contributed by atoms with E-state index in [1.807, 2.05) is 13.8 Å². The van der Waals surface area contributed by atoms with Gasteiger partial charge in [-0.15, -0.1) is 0 Å². The first kappa shape index (κ1) is 15.6. The molecular formula is C12H17ClN5S+. The number of rotatable bonds is 3. The summed E-state index contributed by atoms with van der Waals surface area (Å²) in [5.41, 5.74) is 12.9. The largest absolute Gasteiger partial charge is 0.342 e. The fourth-order valence-corrected chi connectivity index (χ4v) is 1.90. The Morgan fingerprint density at radius 3 is 2.26 bits per heavy atom. The lowest BCUT2D eigenvalue weighted by Gasteiger charge is -2.27. The zero-order chi connectivity index (χ0) is 14.6. The molecule has 0 spiro atoms. The van der Waals surface area contributed by atoms with Crippen LogP contribution in [0, 0.1) is 5.41 Å². The van der Waals surface area contributed by atoms with Crippen molar-refractivity contribution in [3.8, 4) is 0 Å². The molecule has 1 unspecified atom stereocenters. The van der Waals surface area contributed by atoms with Crippen molar-refractivity contribution in [2.24, 2.45) is 16.6 Å². The number of hydrogen-bond acceptors (Lipinski definition) is 3. The van der Waals surface area contributed by atoms with E-state index in [0.29, 0.717) is 17.1 Å². The summed E-state index contributed by atoms with van der Waals surface area (Å²) in [4.78, 5) is 0. The van der Waals surface area contributed by atoms with Crippen LogP contribution < -0.4 is 16.1 Å². The molecule has 0 aliphatic carbocycles. The summed E-state index contributed by atoms with van der Waals surface area (Å²) in [6.07, 6.45) is 0.712. The van der Waals surface area contributed by atoms with E-state index in [2.05, 4.69) is 5.10 Å². The standard InChI is InChI=1S/C12H16ClN5S/c1-3-8(2)17-18(11(14)15,12(16)19)10-6-4-9(13)5-7-10/h4-7H,3H2,1-2H3,(H4-,14,15,16,19)/p+1/b17-8+. The van der Waals surface area contributed by atoms with E-state index in [-0.39, 0.29) is 11.1 Å². The predicted molar refractivity (Wildman–Crippen MR) is 85.3 cm³/mol. The van der Waals surface area contributed by atoms with Gasteiger partial charge in [0.05, 0.1) is 5.71 Å². The quantitative estimate of drug-likeness (QED) is 0.263. The first-order valence-corrected chi connectivity index (χ1v) is 6.48. The SMILES string of the molecule is CC/C(C)=N/[N+](C(=N)N)(C(N)=S)c1ccc(Cl)cc1. The molecule has 19 heavy (non-hydrogen) atoms. The number of guanidine groups is 1. The normalized spacial score (nSPS) is 14.8. The second kappa shape index (κ2) is 6.10. The number of halogens is 1. The van der Waals surface area contributed by atoms with Gasteiger partial charge in [-0.1, -0.05) is 23.6 Å². The highest BCUT2D eigenvalue weighted by atomic mass is 35.5. The van der Waals surface area contributed by atoms with Crippen LogP contribution in [0.2, 0.25) is 5.02 Å². The monoisotopic (exact) mass is 298 g/mol. The molecule has 0 aliphatic rings. The highest BCUT2D eigenvalue weighted by Gasteiger charge is 2.40. The average molecular weight is 299 g/mol. The fraction of sp³-hybridized carbons (Fsp3) is 0.250. The van der Waals surface area contributed by atoms with E-state index < -0.39 is 4.59 Å². The van der Waals surface area contributed by atoms with Crippen molar-refractivity contribution in [2.75, 3.05) is 0 Å². The molecule has 0 amide bonds. The molecule has 1 atom stereocenters. The summed E-state index contributed by atoms with van der Waals surface area (Å²) in [7, 11) is 0. The smallest absolute Gasteiger partial charge is 0.332 e. The van der Waals surface area contributed by atoms with Crippen LogP contribution in [0.3, 0.4) is 0 Å². The van der Waals surface area contributed by atoms with Crippen LogP contribution in [-0.4, -0.2) is 16.8 Å². The van der Waals surface area contributed by atoms with Crippen LogP contribution in [0.25, 0.3) is 0 Å². The topological polar surface area (TPSA) is 88.2 Å². The Morgan fingerprint density at radius 1 is 1.37 bits per heavy atom. The van der Waals surface area contributed by atoms with Crippen molar-refractivity contribution in [3.05, 3.63) is 29.3 Å². The molecule has 0 radical (unpaired) electrons. The number of nitrogens with two attached hydrogens (primary N) is 2. The van der Waals surface area contributed by atoms with Gasteiger partial charge in [0.25, 0.3) is 0 Å². The maximum Gasteiger partial charge on any atom is 0.332 e. The van der Waals surface area contributed by atoms with Gasteiger partial charge in [-0.05, 0) is 30.1 Å². The highest BCUT2D eigenvalue weighted by molar-refractivity contribution is 7.80. The van der Waals surface area contributed by atoms with Crippen molar-refractivity contribution in [2.45, 2.75) is 20.3 Å². The van der Waals surface area contributed by atoms with Gasteiger partial charge in [-0.2, -0.15) is 0 Å². The molecular weight excluding hydrogens is 282 g/mol. The van der Waals surface area contributed by atoms with Gasteiger partial charge >= 0.3 is 11.1 Å². The number of nitrogens with one attached hydrogen (secondary N) is 1. The third-order valence-electron chi connectivity index (χ3n) is 2.70. The molecule has 7 heteroatoms. The Balaban J connectivity index is 3.53. The lowest BCUT2D eigenvalue weighted by atomic mass is 10.3. The number of thiocarbonyl (C=S) groups is 1. The molecule has 0 heterocycles. The molecule has 102 valence electrons. The van der Waals surface area contributed by atoms with Gasteiger partial charge in [0.1, 0.15) is 0 Å². The Labute approximate surface area is 122 Å². The van der Waals surface area contributed by atoms with E-state index in [1.165, 1.54) is 0 Å². The van der Waals surface area contributed by atoms with Crippen molar-refractivity contribution in [3.63, 3.8) is 0 Å². The van der Waals surface area contributed by atoms with E-state index >= 15 is 0 Å². The molecule has 1 aromatic rings. The summed E-state index contributed by atoms with van der Waals surface area (Å²) >= 11 is 10.9. The average Bonchev–Trinajstić information content (AvgIpc) is 2.36. The summed E-state index contributed by atoms with van der Waals surface area (Å²) in [6, 6.07) is 6.77. The van der Waals surface area contributed by atoms with Crippen molar-refractivity contribution in [1.82, 2.24) is 4.59 Å². The van der Waals surface area contributed by atoms with Crippen LogP contribution in [0.1, 0.15) is 20.3 Å². The molecule has 5 nitrogen and oxygen atoms in total. The van der Waals surface area contributed by atoms with Crippen LogP contribution in [0.15, 0.2) is 29.4 Å². The van der Waals surface area contributed by atoms with E-state index in [1.54, 1.807) is 24.3 Å². The van der Waals surface area contributed by atoms with Gasteiger partial charge in [0.15, 0.2) is 5.69 Å². The minimum Gasteiger partial charge on any atom is -0.342 e. The minimum absolute atomic E-state index is 0.0115. The third kappa shape index (κ3) is 3.09. The maximum absolute atomic E-state index is 7.83. The minimum atomic E-state index is -0.508. The van der Waals surface area contributed by atoms with Crippen LogP contribution in [0.5, 0.6) is 0 Å². The molecule has 0 saturated carbocycles. The molecule has 0 saturated heterocycles. The van der Waals surface area contributed by atoms with Gasteiger partial charge in [-0.3, -0.25) is 0 Å². The van der Waals surface area contributed by atoms with Gasteiger partial charge < -0.3 is 11.5 Å². The number of quaternary nitrogens is 1. The van der Waals surface area contributed by atoms with E-state index in [9.17, 15) is 0 Å². The Hall–Kier alpha value is -1.50. The highest BCUT2D eigenvalue weighted by Crippen LogP contribution is 2.26. The third-order valence-corrected chi connectivity index (χ3v) is 3.22. The molecule has 1 rings (SSSR count). The summed E-state index contributed by atoms with van der Waals surface area (Å²) in [5, 5.41) is 12.8. The fourth-order valence-electron chi connectivity index (χ4n) is 1.53. The van der Waals surface area contributed by atoms with Gasteiger partial charge in [0, 0.05) is 29.4 Å². The van der Waals surface area contributed by atoms with Crippen molar-refractivity contribution in [1.29, 1.82) is 5.41 Å². The Morgan fingerprint density at radius 2 is 1.89 bits per heavy atom. The van der Waals surface area contributed by atoms with Gasteiger partial charge in [-0.25, -0.2) is 5.41 Å². The Bertz CT molecular complexity index is 509. The summed E-state index contributed by atoms with van der Waals surface area (Å²) < 4.78 is -0.508. The second-order valence-corrected chi connectivity index (χ2v) is 4.88.